The van der Waals surface area contributed by atoms with Crippen molar-refractivity contribution in [1.82, 2.24) is 4.98 Å². The molecule has 2 heterocycles. The summed E-state index contributed by atoms with van der Waals surface area (Å²) in [5, 5.41) is 9.97. The molecule has 2 aromatic rings. The number of para-hydroxylation sites is 1. The van der Waals surface area contributed by atoms with Gasteiger partial charge in [-0.2, -0.15) is 4.99 Å². The maximum Gasteiger partial charge on any atom is 0.372 e. The quantitative estimate of drug-likeness (QED) is 0.867. The summed E-state index contributed by atoms with van der Waals surface area (Å²) in [5.74, 6) is -1.59. The number of aliphatic carboxylic acids is 1. The molecule has 0 saturated carbocycles. The number of benzene rings is 1. The molecule has 3 rings (SSSR count). The molecular formula is C13H9N3O3. The maximum absolute atomic E-state index is 11.3. The molecule has 0 atom stereocenters. The van der Waals surface area contributed by atoms with Gasteiger partial charge in [-0.25, -0.2) is 9.78 Å². The monoisotopic (exact) mass is 255 g/mol. The molecule has 1 amide bonds. The number of aromatic nitrogens is 1. The van der Waals surface area contributed by atoms with Gasteiger partial charge < -0.3 is 5.11 Å². The number of carboxylic acid groups (broad SMARTS) is 1. The maximum atomic E-state index is 11.3. The predicted octanol–water partition coefficient (Wildman–Crippen LogP) is 1.06. The molecule has 0 unspecified atom stereocenters. The first-order valence-electron chi connectivity index (χ1n) is 5.63. The molecule has 6 heteroatoms. The highest BCUT2D eigenvalue weighted by molar-refractivity contribution is 6.44. The lowest BCUT2D eigenvalue weighted by atomic mass is 10.2. The van der Waals surface area contributed by atoms with Gasteiger partial charge in [0.1, 0.15) is 12.4 Å². The van der Waals surface area contributed by atoms with E-state index >= 15 is 0 Å². The summed E-state index contributed by atoms with van der Waals surface area (Å²) in [7, 11) is 0. The Morgan fingerprint density at radius 2 is 2.00 bits per heavy atom. The number of anilines is 1. The molecule has 0 spiro atoms. The van der Waals surface area contributed by atoms with E-state index in [1.54, 1.807) is 6.07 Å². The standard InChI is InChI=1S/C13H9N3O3/c17-11-7-16(12(15-11)13(18)19)10-6-5-8-3-1-2-4-9(8)14-10/h1-6H,7H2,(H,18,19). The van der Waals surface area contributed by atoms with E-state index in [4.69, 9.17) is 5.11 Å². The Labute approximate surface area is 108 Å². The zero-order valence-electron chi connectivity index (χ0n) is 9.78. The van der Waals surface area contributed by atoms with Gasteiger partial charge in [0, 0.05) is 5.39 Å². The van der Waals surface area contributed by atoms with Gasteiger partial charge in [-0.15, -0.1) is 0 Å². The number of hydrogen-bond donors (Lipinski definition) is 1. The summed E-state index contributed by atoms with van der Waals surface area (Å²) in [4.78, 5) is 31.5. The number of amidine groups is 1. The van der Waals surface area contributed by atoms with Crippen LogP contribution in [-0.2, 0) is 9.59 Å². The average molecular weight is 255 g/mol. The summed E-state index contributed by atoms with van der Waals surface area (Å²) in [6, 6.07) is 11.0. The van der Waals surface area contributed by atoms with Gasteiger partial charge in [-0.05, 0) is 18.2 Å². The first-order chi connectivity index (χ1) is 9.15. The Hall–Kier alpha value is -2.76. The Kier molecular flexibility index (Phi) is 2.49. The Bertz CT molecular complexity index is 724. The zero-order chi connectivity index (χ0) is 13.4. The smallest absolute Gasteiger partial charge is 0.372 e. The summed E-state index contributed by atoms with van der Waals surface area (Å²) >= 11 is 0. The minimum Gasteiger partial charge on any atom is -0.475 e. The number of rotatable bonds is 2. The van der Waals surface area contributed by atoms with Crippen LogP contribution in [0.25, 0.3) is 10.9 Å². The van der Waals surface area contributed by atoms with E-state index in [2.05, 4.69) is 9.98 Å². The van der Waals surface area contributed by atoms with E-state index in [0.29, 0.717) is 5.82 Å². The van der Waals surface area contributed by atoms with Crippen molar-refractivity contribution in [2.75, 3.05) is 11.4 Å². The number of aliphatic imine (C=N–C) groups is 1. The van der Waals surface area contributed by atoms with Gasteiger partial charge in [0.25, 0.3) is 5.91 Å². The molecule has 1 aromatic heterocycles. The molecule has 1 aliphatic heterocycles. The lowest BCUT2D eigenvalue weighted by Crippen LogP contribution is -2.34. The van der Waals surface area contributed by atoms with E-state index in [-0.39, 0.29) is 12.4 Å². The Balaban J connectivity index is 2.07. The largest absolute Gasteiger partial charge is 0.475 e. The summed E-state index contributed by atoms with van der Waals surface area (Å²) in [6.45, 7) is -0.0903. The summed E-state index contributed by atoms with van der Waals surface area (Å²) < 4.78 is 0. The van der Waals surface area contributed by atoms with Gasteiger partial charge in [0.05, 0.1) is 5.52 Å². The van der Waals surface area contributed by atoms with Crippen LogP contribution in [0.2, 0.25) is 0 Å². The van der Waals surface area contributed by atoms with Crippen LogP contribution >= 0.6 is 0 Å². The first-order valence-corrected chi connectivity index (χ1v) is 5.63. The number of fused-ring (bicyclic) bond motifs is 1. The fraction of sp³-hybridized carbons (Fsp3) is 0.0769. The average Bonchev–Trinajstić information content (AvgIpc) is 2.80. The first kappa shape index (κ1) is 11.3. The number of carboxylic acids is 1. The van der Waals surface area contributed by atoms with Gasteiger partial charge in [-0.3, -0.25) is 9.69 Å². The molecular weight excluding hydrogens is 246 g/mol. The van der Waals surface area contributed by atoms with Crippen molar-refractivity contribution < 1.29 is 14.7 Å². The van der Waals surface area contributed by atoms with Crippen LogP contribution in [-0.4, -0.2) is 34.3 Å². The van der Waals surface area contributed by atoms with Gasteiger partial charge >= 0.3 is 5.97 Å². The Morgan fingerprint density at radius 3 is 2.79 bits per heavy atom. The lowest BCUT2D eigenvalue weighted by Gasteiger charge is -2.16. The number of carbonyl (C=O) groups is 2. The van der Waals surface area contributed by atoms with Crippen molar-refractivity contribution in [2.45, 2.75) is 0 Å². The van der Waals surface area contributed by atoms with Crippen LogP contribution in [0.3, 0.4) is 0 Å². The number of carbonyl (C=O) groups excluding carboxylic acids is 1. The van der Waals surface area contributed by atoms with Crippen LogP contribution in [0.15, 0.2) is 41.4 Å². The number of pyridine rings is 1. The minimum absolute atomic E-state index is 0.0903. The zero-order valence-corrected chi connectivity index (χ0v) is 9.78. The molecule has 0 saturated heterocycles. The van der Waals surface area contributed by atoms with Crippen LogP contribution < -0.4 is 4.90 Å². The second kappa shape index (κ2) is 4.16. The fourth-order valence-electron chi connectivity index (χ4n) is 1.98. The minimum atomic E-state index is -1.24. The number of hydrogen-bond acceptors (Lipinski definition) is 4. The molecule has 0 aliphatic carbocycles. The van der Waals surface area contributed by atoms with Crippen molar-refractivity contribution in [3.05, 3.63) is 36.4 Å². The van der Waals surface area contributed by atoms with Gasteiger partial charge in [-0.1, -0.05) is 18.2 Å². The molecule has 1 N–H and O–H groups in total. The number of amides is 1. The molecule has 0 bridgehead atoms. The SMILES string of the molecule is O=C1CN(c2ccc3ccccc3n2)C(C(=O)O)=N1. The van der Waals surface area contributed by atoms with Crippen molar-refractivity contribution >= 4 is 34.4 Å². The third kappa shape index (κ3) is 1.93. The molecule has 6 nitrogen and oxygen atoms in total. The van der Waals surface area contributed by atoms with Crippen molar-refractivity contribution in [3.8, 4) is 0 Å². The molecule has 0 radical (unpaired) electrons. The van der Waals surface area contributed by atoms with Gasteiger partial charge in [0.2, 0.25) is 5.84 Å². The van der Waals surface area contributed by atoms with E-state index in [1.165, 1.54) is 4.90 Å². The van der Waals surface area contributed by atoms with E-state index in [9.17, 15) is 9.59 Å². The predicted molar refractivity (Wildman–Crippen MR) is 69.2 cm³/mol. The number of nitrogens with zero attached hydrogens (tertiary/aromatic N) is 3. The van der Waals surface area contributed by atoms with E-state index < -0.39 is 11.9 Å². The third-order valence-electron chi connectivity index (χ3n) is 2.83. The van der Waals surface area contributed by atoms with Gasteiger partial charge in [0.15, 0.2) is 0 Å². The van der Waals surface area contributed by atoms with Crippen molar-refractivity contribution in [2.24, 2.45) is 4.99 Å². The van der Waals surface area contributed by atoms with Crippen LogP contribution in [0, 0.1) is 0 Å². The second-order valence-electron chi connectivity index (χ2n) is 4.08. The molecule has 0 fully saturated rings. The van der Waals surface area contributed by atoms with E-state index in [0.717, 1.165) is 10.9 Å². The highest BCUT2D eigenvalue weighted by Crippen LogP contribution is 2.20. The highest BCUT2D eigenvalue weighted by atomic mass is 16.4. The van der Waals surface area contributed by atoms with Crippen LogP contribution in [0.1, 0.15) is 0 Å². The highest BCUT2D eigenvalue weighted by Gasteiger charge is 2.30. The molecule has 94 valence electrons. The third-order valence-corrected chi connectivity index (χ3v) is 2.83. The molecule has 19 heavy (non-hydrogen) atoms. The van der Waals surface area contributed by atoms with Crippen molar-refractivity contribution in [1.29, 1.82) is 0 Å². The summed E-state index contributed by atoms with van der Waals surface area (Å²) in [5.41, 5.74) is 0.740. The Morgan fingerprint density at radius 1 is 1.21 bits per heavy atom. The van der Waals surface area contributed by atoms with Crippen LogP contribution in [0.4, 0.5) is 5.82 Å². The summed E-state index contributed by atoms with van der Waals surface area (Å²) in [6.07, 6.45) is 0. The lowest BCUT2D eigenvalue weighted by molar-refractivity contribution is -0.129. The molecule has 1 aromatic carbocycles. The van der Waals surface area contributed by atoms with Crippen LogP contribution in [0.5, 0.6) is 0 Å². The fourth-order valence-corrected chi connectivity index (χ4v) is 1.98. The molecule has 1 aliphatic rings. The van der Waals surface area contributed by atoms with Crippen molar-refractivity contribution in [3.63, 3.8) is 0 Å². The van der Waals surface area contributed by atoms with E-state index in [1.807, 2.05) is 30.3 Å². The normalized spacial score (nSPS) is 14.8. The second-order valence-corrected chi connectivity index (χ2v) is 4.08. The topological polar surface area (TPSA) is 82.9 Å².